The molecule has 1 aliphatic rings. The molecule has 10 heteroatoms. The van der Waals surface area contributed by atoms with Crippen LogP contribution in [0.25, 0.3) is 0 Å². The summed E-state index contributed by atoms with van der Waals surface area (Å²) in [4.78, 5) is 17.3. The van der Waals surface area contributed by atoms with Gasteiger partial charge in [-0.1, -0.05) is 19.1 Å². The van der Waals surface area contributed by atoms with Crippen molar-refractivity contribution in [2.75, 3.05) is 19.3 Å². The maximum atomic E-state index is 13.8. The third-order valence-electron chi connectivity index (χ3n) is 6.45. The Morgan fingerprint density at radius 3 is 2.39 bits per heavy atom. The molecule has 3 rings (SSSR count). The van der Waals surface area contributed by atoms with E-state index in [9.17, 15) is 27.1 Å². The Labute approximate surface area is 210 Å². The summed E-state index contributed by atoms with van der Waals surface area (Å²) < 4.78 is 52.5. The van der Waals surface area contributed by atoms with Gasteiger partial charge in [0.2, 0.25) is 5.91 Å². The lowest BCUT2D eigenvalue weighted by molar-refractivity contribution is -0.127. The molecule has 0 bridgehead atoms. The number of aliphatic imine (C=N–C) groups is 1. The second-order valence-electron chi connectivity index (χ2n) is 9.67. The van der Waals surface area contributed by atoms with Gasteiger partial charge in [-0.2, -0.15) is 0 Å². The van der Waals surface area contributed by atoms with Crippen LogP contribution >= 0.6 is 0 Å². The highest BCUT2D eigenvalue weighted by molar-refractivity contribution is 7.91. The van der Waals surface area contributed by atoms with Crippen LogP contribution in [0.5, 0.6) is 0 Å². The topological polar surface area (TPSA) is 108 Å². The van der Waals surface area contributed by atoms with E-state index in [1.165, 1.54) is 0 Å². The maximum absolute atomic E-state index is 13.8. The van der Waals surface area contributed by atoms with Gasteiger partial charge in [-0.3, -0.25) is 9.79 Å². The van der Waals surface area contributed by atoms with Crippen molar-refractivity contribution in [3.63, 3.8) is 0 Å². The minimum Gasteiger partial charge on any atom is -0.389 e. The number of sulfone groups is 1. The minimum absolute atomic E-state index is 0.0545. The van der Waals surface area contributed by atoms with Gasteiger partial charge in [0, 0.05) is 11.6 Å². The molecule has 2 atom stereocenters. The fraction of sp³-hybridized carbons (Fsp3) is 0.462. The molecule has 0 saturated heterocycles. The highest BCUT2D eigenvalue weighted by atomic mass is 32.2. The van der Waals surface area contributed by atoms with Crippen molar-refractivity contribution in [1.29, 1.82) is 0 Å². The van der Waals surface area contributed by atoms with Gasteiger partial charge < -0.3 is 15.7 Å². The summed E-state index contributed by atoms with van der Waals surface area (Å²) in [6.07, 6.45) is -0.529. The number of hydrogen-bond donors (Lipinski definition) is 3. The number of nitrogens with one attached hydrogen (secondary N) is 2. The Balaban J connectivity index is 1.91. The van der Waals surface area contributed by atoms with E-state index in [4.69, 9.17) is 0 Å². The number of hydrogen-bond acceptors (Lipinski definition) is 6. The van der Waals surface area contributed by atoms with Crippen molar-refractivity contribution in [3.05, 3.63) is 70.3 Å². The number of carbonyl (C=O) groups excluding carboxylic acids is 1. The van der Waals surface area contributed by atoms with Crippen LogP contribution in [0.15, 0.2) is 41.4 Å². The largest absolute Gasteiger partial charge is 0.389 e. The molecule has 1 amide bonds. The molecular formula is C26H33F2N3O4S. The smallest absolute Gasteiger partial charge is 0.240 e. The normalized spacial score (nSPS) is 17.9. The summed E-state index contributed by atoms with van der Waals surface area (Å²) in [5, 5.41) is 16.7. The molecule has 7 nitrogen and oxygen atoms in total. The van der Waals surface area contributed by atoms with E-state index in [0.29, 0.717) is 11.3 Å². The van der Waals surface area contributed by atoms with Crippen LogP contribution in [0.4, 0.5) is 8.78 Å². The van der Waals surface area contributed by atoms with Gasteiger partial charge in [0.25, 0.3) is 0 Å². The number of benzene rings is 2. The number of amides is 1. The van der Waals surface area contributed by atoms with Crippen molar-refractivity contribution in [2.45, 2.75) is 57.1 Å². The molecular weight excluding hydrogens is 488 g/mol. The Hall–Kier alpha value is -2.69. The van der Waals surface area contributed by atoms with Crippen LogP contribution in [0.3, 0.4) is 0 Å². The number of likely N-dealkylation sites (N-methyl/N-ethyl adjacent to an activating group) is 1. The second-order valence-corrected chi connectivity index (χ2v) is 11.7. The molecule has 196 valence electrons. The van der Waals surface area contributed by atoms with E-state index in [1.807, 2.05) is 19.1 Å². The maximum Gasteiger partial charge on any atom is 0.240 e. The summed E-state index contributed by atoms with van der Waals surface area (Å²) in [6.45, 7) is 5.10. The van der Waals surface area contributed by atoms with Crippen molar-refractivity contribution < 1.29 is 27.1 Å². The quantitative estimate of drug-likeness (QED) is 0.470. The number of aliphatic hydroxyl groups is 1. The first-order valence-corrected chi connectivity index (χ1v) is 13.6. The zero-order chi connectivity index (χ0) is 26.7. The Kier molecular flexibility index (Phi) is 8.63. The predicted octanol–water partition coefficient (Wildman–Crippen LogP) is 2.33. The first-order chi connectivity index (χ1) is 16.8. The Bertz CT molecular complexity index is 1240. The minimum atomic E-state index is -3.41. The van der Waals surface area contributed by atoms with Crippen LogP contribution in [-0.4, -0.2) is 62.2 Å². The van der Waals surface area contributed by atoms with Gasteiger partial charge in [0.05, 0.1) is 41.4 Å². The zero-order valence-electron chi connectivity index (χ0n) is 20.9. The zero-order valence-corrected chi connectivity index (χ0v) is 21.8. The van der Waals surface area contributed by atoms with E-state index in [-0.39, 0.29) is 30.0 Å². The third kappa shape index (κ3) is 6.96. The summed E-state index contributed by atoms with van der Waals surface area (Å²) >= 11 is 0. The molecule has 36 heavy (non-hydrogen) atoms. The Morgan fingerprint density at radius 1 is 1.11 bits per heavy atom. The summed E-state index contributed by atoms with van der Waals surface area (Å²) in [5.74, 6) is -2.28. The molecule has 3 N–H and O–H groups in total. The van der Waals surface area contributed by atoms with Crippen LogP contribution in [0, 0.1) is 11.6 Å². The van der Waals surface area contributed by atoms with Gasteiger partial charge in [0.15, 0.2) is 9.84 Å². The fourth-order valence-electron chi connectivity index (χ4n) is 4.00. The molecule has 1 aliphatic heterocycles. The van der Waals surface area contributed by atoms with Crippen molar-refractivity contribution in [3.8, 4) is 0 Å². The van der Waals surface area contributed by atoms with E-state index in [1.54, 1.807) is 27.0 Å². The lowest BCUT2D eigenvalue weighted by atomic mass is 9.97. The summed E-state index contributed by atoms with van der Waals surface area (Å²) in [5.41, 5.74) is 2.06. The third-order valence-corrected chi connectivity index (χ3v) is 7.91. The van der Waals surface area contributed by atoms with E-state index >= 15 is 0 Å². The molecule has 0 spiro atoms. The average Bonchev–Trinajstić information content (AvgIpc) is 2.80. The molecule has 0 aliphatic carbocycles. The summed E-state index contributed by atoms with van der Waals surface area (Å²) in [6, 6.07) is 7.68. The number of rotatable bonds is 9. The predicted molar refractivity (Wildman–Crippen MR) is 136 cm³/mol. The second kappa shape index (κ2) is 11.1. The van der Waals surface area contributed by atoms with Crippen LogP contribution in [0.2, 0.25) is 0 Å². The first-order valence-electron chi connectivity index (χ1n) is 11.8. The lowest BCUT2D eigenvalue weighted by Crippen LogP contribution is -2.57. The van der Waals surface area contributed by atoms with Gasteiger partial charge >= 0.3 is 0 Å². The van der Waals surface area contributed by atoms with Crippen molar-refractivity contribution in [1.82, 2.24) is 10.6 Å². The lowest BCUT2D eigenvalue weighted by Gasteiger charge is -2.29. The van der Waals surface area contributed by atoms with Gasteiger partial charge in [0.1, 0.15) is 11.6 Å². The number of halogens is 2. The van der Waals surface area contributed by atoms with Crippen molar-refractivity contribution in [2.24, 2.45) is 4.99 Å². The Morgan fingerprint density at radius 2 is 1.78 bits per heavy atom. The SMILES string of the molecule is CCc1ccc2c(c1)C(=NCC(O)C(Cc1cc(F)cc(F)c1)NC(=O)C(C)(C)NC)CS(=O)(=O)C2. The highest BCUT2D eigenvalue weighted by Gasteiger charge is 2.31. The van der Waals surface area contributed by atoms with E-state index in [2.05, 4.69) is 15.6 Å². The van der Waals surface area contributed by atoms with E-state index in [0.717, 1.165) is 35.7 Å². The van der Waals surface area contributed by atoms with Crippen LogP contribution in [-0.2, 0) is 33.2 Å². The molecule has 2 unspecified atom stereocenters. The van der Waals surface area contributed by atoms with Crippen molar-refractivity contribution >= 4 is 21.5 Å². The highest BCUT2D eigenvalue weighted by Crippen LogP contribution is 2.23. The van der Waals surface area contributed by atoms with Gasteiger partial charge in [-0.25, -0.2) is 17.2 Å². The number of nitrogens with zero attached hydrogens (tertiary/aromatic N) is 1. The van der Waals surface area contributed by atoms with Gasteiger partial charge in [-0.05, 0) is 68.6 Å². The summed E-state index contributed by atoms with van der Waals surface area (Å²) in [7, 11) is -1.79. The molecule has 0 fully saturated rings. The molecule has 0 aromatic heterocycles. The van der Waals surface area contributed by atoms with Crippen LogP contribution in [0.1, 0.15) is 43.0 Å². The van der Waals surface area contributed by atoms with Crippen LogP contribution < -0.4 is 10.6 Å². The number of fused-ring (bicyclic) bond motifs is 1. The number of carbonyl (C=O) groups is 1. The monoisotopic (exact) mass is 521 g/mol. The molecule has 0 radical (unpaired) electrons. The average molecular weight is 522 g/mol. The number of aliphatic hydroxyl groups excluding tert-OH is 1. The number of aryl methyl sites for hydroxylation is 1. The van der Waals surface area contributed by atoms with E-state index < -0.39 is 45.1 Å². The molecule has 2 aromatic rings. The molecule has 2 aromatic carbocycles. The van der Waals surface area contributed by atoms with Gasteiger partial charge in [-0.15, -0.1) is 0 Å². The first kappa shape index (κ1) is 27.9. The molecule has 0 saturated carbocycles. The fourth-order valence-corrected chi connectivity index (χ4v) is 5.49. The molecule has 1 heterocycles. The standard InChI is InChI=1S/C26H33F2N3O4S/c1-5-16-6-7-18-14-36(34,35)15-23(21(18)10-16)30-13-24(32)22(31-25(33)26(2,3)29-4)11-17-8-19(27)12-20(28)9-17/h6-10,12,22,24,29,32H,5,11,13-15H2,1-4H3,(H,31,33).